The molecule has 1 heterocycles. The van der Waals surface area contributed by atoms with Crippen molar-refractivity contribution < 1.29 is 0 Å². The maximum atomic E-state index is 5.61. The second kappa shape index (κ2) is 5.44. The second-order valence-corrected chi connectivity index (χ2v) is 4.85. The van der Waals surface area contributed by atoms with Gasteiger partial charge in [-0.3, -0.25) is 16.0 Å². The molecule has 0 amide bonds. The third kappa shape index (κ3) is 2.94. The van der Waals surface area contributed by atoms with Crippen LogP contribution in [0.4, 0.5) is 0 Å². The summed E-state index contributed by atoms with van der Waals surface area (Å²) in [6.07, 6.45) is 2.62. The van der Waals surface area contributed by atoms with Gasteiger partial charge in [0, 0.05) is 17.7 Å². The zero-order valence-electron chi connectivity index (χ0n) is 9.60. The van der Waals surface area contributed by atoms with E-state index < -0.39 is 0 Å². The first-order chi connectivity index (χ1) is 8.20. The molecule has 0 saturated carbocycles. The van der Waals surface area contributed by atoms with Crippen molar-refractivity contribution in [3.63, 3.8) is 0 Å². The van der Waals surface area contributed by atoms with Crippen LogP contribution in [0.25, 0.3) is 0 Å². The largest absolute Gasteiger partial charge is 0.271 e. The van der Waals surface area contributed by atoms with E-state index in [2.05, 4.69) is 38.6 Å². The molecule has 1 atom stereocenters. The highest BCUT2D eigenvalue weighted by Crippen LogP contribution is 2.18. The van der Waals surface area contributed by atoms with Gasteiger partial charge in [-0.1, -0.05) is 28.1 Å². The standard InChI is InChI=1S/C12H15BrN4/c1-17-12(6-7-15-17)11(16-14)8-9-2-4-10(13)5-3-9/h2-7,11,16H,8,14H2,1H3. The summed E-state index contributed by atoms with van der Waals surface area (Å²) in [5.41, 5.74) is 5.15. The molecule has 1 aromatic carbocycles. The molecule has 4 nitrogen and oxygen atoms in total. The number of hydrogen-bond donors (Lipinski definition) is 2. The quantitative estimate of drug-likeness (QED) is 0.669. The molecule has 0 spiro atoms. The Morgan fingerprint density at radius 2 is 2.06 bits per heavy atom. The van der Waals surface area contributed by atoms with Gasteiger partial charge in [-0.15, -0.1) is 0 Å². The van der Waals surface area contributed by atoms with Gasteiger partial charge in [0.05, 0.1) is 11.7 Å². The summed E-state index contributed by atoms with van der Waals surface area (Å²) in [5.74, 6) is 5.61. The molecule has 0 radical (unpaired) electrons. The molecule has 5 heteroatoms. The lowest BCUT2D eigenvalue weighted by Gasteiger charge is -2.16. The Morgan fingerprint density at radius 1 is 1.35 bits per heavy atom. The predicted octanol–water partition coefficient (Wildman–Crippen LogP) is 1.93. The zero-order chi connectivity index (χ0) is 12.3. The minimum atomic E-state index is 0.0728. The lowest BCUT2D eigenvalue weighted by Crippen LogP contribution is -2.31. The molecule has 90 valence electrons. The average molecular weight is 295 g/mol. The Labute approximate surface area is 109 Å². The van der Waals surface area contributed by atoms with Crippen molar-refractivity contribution in [1.82, 2.24) is 15.2 Å². The van der Waals surface area contributed by atoms with Gasteiger partial charge < -0.3 is 0 Å². The molecule has 2 aromatic rings. The maximum absolute atomic E-state index is 5.61. The number of aromatic nitrogens is 2. The smallest absolute Gasteiger partial charge is 0.0669 e. The highest BCUT2D eigenvalue weighted by atomic mass is 79.9. The first-order valence-corrected chi connectivity index (χ1v) is 6.18. The van der Waals surface area contributed by atoms with E-state index in [4.69, 9.17) is 5.84 Å². The molecule has 3 N–H and O–H groups in total. The Morgan fingerprint density at radius 3 is 2.59 bits per heavy atom. The fraction of sp³-hybridized carbons (Fsp3) is 0.250. The van der Waals surface area contributed by atoms with Crippen molar-refractivity contribution >= 4 is 15.9 Å². The highest BCUT2D eigenvalue weighted by molar-refractivity contribution is 9.10. The molecule has 0 fully saturated rings. The monoisotopic (exact) mass is 294 g/mol. The van der Waals surface area contributed by atoms with Crippen LogP contribution in [0.3, 0.4) is 0 Å². The van der Waals surface area contributed by atoms with Gasteiger partial charge in [0.1, 0.15) is 0 Å². The highest BCUT2D eigenvalue weighted by Gasteiger charge is 2.13. The summed E-state index contributed by atoms with van der Waals surface area (Å²) < 4.78 is 2.92. The molecule has 17 heavy (non-hydrogen) atoms. The third-order valence-electron chi connectivity index (χ3n) is 2.77. The first kappa shape index (κ1) is 12.3. The van der Waals surface area contributed by atoms with Gasteiger partial charge in [0.15, 0.2) is 0 Å². The van der Waals surface area contributed by atoms with Gasteiger partial charge in [-0.25, -0.2) is 0 Å². The van der Waals surface area contributed by atoms with Crippen LogP contribution in [-0.4, -0.2) is 9.78 Å². The van der Waals surface area contributed by atoms with Crippen LogP contribution in [0, 0.1) is 0 Å². The minimum absolute atomic E-state index is 0.0728. The van der Waals surface area contributed by atoms with Crippen LogP contribution < -0.4 is 11.3 Å². The van der Waals surface area contributed by atoms with E-state index in [9.17, 15) is 0 Å². The summed E-state index contributed by atoms with van der Waals surface area (Å²) in [6.45, 7) is 0. The summed E-state index contributed by atoms with van der Waals surface area (Å²) in [6, 6.07) is 10.3. The van der Waals surface area contributed by atoms with E-state index >= 15 is 0 Å². The number of aryl methyl sites for hydroxylation is 1. The number of halogens is 1. The predicted molar refractivity (Wildman–Crippen MR) is 71.1 cm³/mol. The fourth-order valence-corrected chi connectivity index (χ4v) is 2.10. The van der Waals surface area contributed by atoms with Crippen molar-refractivity contribution in [2.45, 2.75) is 12.5 Å². The molecule has 0 aliphatic heterocycles. The van der Waals surface area contributed by atoms with Crippen LogP contribution in [0.1, 0.15) is 17.3 Å². The molecule has 0 aliphatic rings. The molecule has 0 aliphatic carbocycles. The van der Waals surface area contributed by atoms with E-state index in [1.54, 1.807) is 6.20 Å². The molecule has 0 bridgehead atoms. The summed E-state index contributed by atoms with van der Waals surface area (Å²) in [5, 5.41) is 4.15. The first-order valence-electron chi connectivity index (χ1n) is 5.39. The number of hydrazine groups is 1. The minimum Gasteiger partial charge on any atom is -0.271 e. The van der Waals surface area contributed by atoms with Crippen LogP contribution >= 0.6 is 15.9 Å². The van der Waals surface area contributed by atoms with Crippen molar-refractivity contribution in [3.05, 3.63) is 52.3 Å². The van der Waals surface area contributed by atoms with E-state index in [-0.39, 0.29) is 6.04 Å². The van der Waals surface area contributed by atoms with E-state index in [0.29, 0.717) is 0 Å². The van der Waals surface area contributed by atoms with Gasteiger partial charge in [0.2, 0.25) is 0 Å². The number of nitrogens with one attached hydrogen (secondary N) is 1. The zero-order valence-corrected chi connectivity index (χ0v) is 11.2. The number of hydrogen-bond acceptors (Lipinski definition) is 3. The molecule has 2 rings (SSSR count). The Balaban J connectivity index is 2.16. The topological polar surface area (TPSA) is 55.9 Å². The van der Waals surface area contributed by atoms with Crippen LogP contribution in [0.5, 0.6) is 0 Å². The normalized spacial score (nSPS) is 12.6. The number of nitrogens with two attached hydrogens (primary N) is 1. The van der Waals surface area contributed by atoms with Gasteiger partial charge in [-0.05, 0) is 30.2 Å². The third-order valence-corrected chi connectivity index (χ3v) is 3.30. The van der Waals surface area contributed by atoms with Gasteiger partial charge >= 0.3 is 0 Å². The van der Waals surface area contributed by atoms with Crippen molar-refractivity contribution in [1.29, 1.82) is 0 Å². The van der Waals surface area contributed by atoms with Crippen molar-refractivity contribution in [3.8, 4) is 0 Å². The van der Waals surface area contributed by atoms with Crippen LogP contribution in [-0.2, 0) is 13.5 Å². The number of benzene rings is 1. The second-order valence-electron chi connectivity index (χ2n) is 3.93. The lowest BCUT2D eigenvalue weighted by atomic mass is 10.0. The van der Waals surface area contributed by atoms with E-state index in [1.807, 2.05) is 29.9 Å². The molecular weight excluding hydrogens is 280 g/mol. The molecular formula is C12H15BrN4. The van der Waals surface area contributed by atoms with Crippen LogP contribution in [0.15, 0.2) is 41.0 Å². The van der Waals surface area contributed by atoms with E-state index in [0.717, 1.165) is 16.6 Å². The van der Waals surface area contributed by atoms with Crippen molar-refractivity contribution in [2.24, 2.45) is 12.9 Å². The Kier molecular flexibility index (Phi) is 3.93. The summed E-state index contributed by atoms with van der Waals surface area (Å²) >= 11 is 3.42. The molecule has 0 saturated heterocycles. The van der Waals surface area contributed by atoms with Crippen molar-refractivity contribution in [2.75, 3.05) is 0 Å². The van der Waals surface area contributed by atoms with Crippen LogP contribution in [0.2, 0.25) is 0 Å². The van der Waals surface area contributed by atoms with Gasteiger partial charge in [-0.2, -0.15) is 5.10 Å². The maximum Gasteiger partial charge on any atom is 0.0669 e. The number of rotatable bonds is 4. The Hall–Kier alpha value is -1.17. The van der Waals surface area contributed by atoms with E-state index in [1.165, 1.54) is 5.56 Å². The Bertz CT molecular complexity index is 478. The SMILES string of the molecule is Cn1nccc1C(Cc1ccc(Br)cc1)NN. The number of nitrogens with zero attached hydrogens (tertiary/aromatic N) is 2. The fourth-order valence-electron chi connectivity index (χ4n) is 1.83. The van der Waals surface area contributed by atoms with Gasteiger partial charge in [0.25, 0.3) is 0 Å². The molecule has 1 unspecified atom stereocenters. The lowest BCUT2D eigenvalue weighted by molar-refractivity contribution is 0.508. The summed E-state index contributed by atoms with van der Waals surface area (Å²) in [4.78, 5) is 0. The average Bonchev–Trinajstić information content (AvgIpc) is 2.75. The molecule has 1 aromatic heterocycles. The summed E-state index contributed by atoms with van der Waals surface area (Å²) in [7, 11) is 1.92.